The molecular formula is C12H18N2OS. The van der Waals surface area contributed by atoms with Gasteiger partial charge in [0.05, 0.1) is 0 Å². The lowest BCUT2D eigenvalue weighted by molar-refractivity contribution is -0.118. The first-order valence-corrected chi connectivity index (χ1v) is 6.73. The van der Waals surface area contributed by atoms with Gasteiger partial charge in [-0.1, -0.05) is 18.2 Å². The van der Waals surface area contributed by atoms with Crippen molar-refractivity contribution in [3.63, 3.8) is 0 Å². The van der Waals surface area contributed by atoms with Crippen LogP contribution in [-0.4, -0.2) is 24.0 Å². The molecule has 3 nitrogen and oxygen atoms in total. The molecule has 1 amide bonds. The summed E-state index contributed by atoms with van der Waals surface area (Å²) in [5, 5.41) is 3.15. The summed E-state index contributed by atoms with van der Waals surface area (Å²) < 4.78 is 0. The smallest absolute Gasteiger partial charge is 0.239 e. The van der Waals surface area contributed by atoms with Crippen molar-refractivity contribution in [2.24, 2.45) is 5.73 Å². The van der Waals surface area contributed by atoms with E-state index in [1.165, 1.54) is 0 Å². The van der Waals surface area contributed by atoms with Crippen molar-refractivity contribution in [3.05, 3.63) is 30.3 Å². The van der Waals surface area contributed by atoms with Crippen LogP contribution in [0.15, 0.2) is 30.3 Å². The molecule has 1 unspecified atom stereocenters. The summed E-state index contributed by atoms with van der Waals surface area (Å²) in [5.74, 6) is 0.769. The number of anilines is 1. The average Bonchev–Trinajstić information content (AvgIpc) is 2.29. The van der Waals surface area contributed by atoms with Gasteiger partial charge >= 0.3 is 0 Å². The van der Waals surface area contributed by atoms with Gasteiger partial charge in [-0.05, 0) is 37.0 Å². The maximum Gasteiger partial charge on any atom is 0.239 e. The molecule has 0 aliphatic heterocycles. The monoisotopic (exact) mass is 238 g/mol. The lowest BCUT2D eigenvalue weighted by atomic mass is 10.1. The molecule has 0 fully saturated rings. The van der Waals surface area contributed by atoms with Crippen molar-refractivity contribution in [2.45, 2.75) is 18.9 Å². The van der Waals surface area contributed by atoms with Crippen LogP contribution in [0.25, 0.3) is 0 Å². The number of amides is 1. The summed E-state index contributed by atoms with van der Waals surface area (Å²) in [6.45, 7) is 0. The zero-order chi connectivity index (χ0) is 11.8. The molecule has 88 valence electrons. The van der Waals surface area contributed by atoms with Crippen LogP contribution in [-0.2, 0) is 4.79 Å². The molecule has 0 saturated carbocycles. The summed E-state index contributed by atoms with van der Waals surface area (Å²) in [6, 6.07) is 9.41. The molecule has 0 aliphatic rings. The van der Waals surface area contributed by atoms with Crippen molar-refractivity contribution in [1.29, 1.82) is 0 Å². The highest BCUT2D eigenvalue weighted by Crippen LogP contribution is 2.11. The fourth-order valence-corrected chi connectivity index (χ4v) is 1.91. The molecule has 0 bridgehead atoms. The maximum absolute atomic E-state index is 11.3. The van der Waals surface area contributed by atoms with Crippen LogP contribution in [0.4, 0.5) is 5.69 Å². The minimum atomic E-state index is -0.287. The van der Waals surface area contributed by atoms with E-state index in [4.69, 9.17) is 5.73 Å². The van der Waals surface area contributed by atoms with Gasteiger partial charge in [-0.25, -0.2) is 0 Å². The standard InChI is InChI=1S/C12H18N2OS/c1-16-9-5-8-11(12(13)15)14-10-6-3-2-4-7-10/h2-4,6-7,11,14H,5,8-9H2,1H3,(H2,13,15). The van der Waals surface area contributed by atoms with Gasteiger partial charge in [0, 0.05) is 5.69 Å². The Morgan fingerprint density at radius 1 is 1.44 bits per heavy atom. The first kappa shape index (κ1) is 12.9. The van der Waals surface area contributed by atoms with Crippen LogP contribution in [0.3, 0.4) is 0 Å². The van der Waals surface area contributed by atoms with Crippen LogP contribution in [0.5, 0.6) is 0 Å². The third kappa shape index (κ3) is 4.57. The van der Waals surface area contributed by atoms with E-state index in [9.17, 15) is 4.79 Å². The highest BCUT2D eigenvalue weighted by molar-refractivity contribution is 7.98. The molecule has 3 N–H and O–H groups in total. The summed E-state index contributed by atoms with van der Waals surface area (Å²) in [4.78, 5) is 11.3. The molecule has 0 heterocycles. The van der Waals surface area contributed by atoms with E-state index in [1.807, 2.05) is 30.3 Å². The number of hydrogen-bond acceptors (Lipinski definition) is 3. The third-order valence-electron chi connectivity index (χ3n) is 2.30. The second-order valence-electron chi connectivity index (χ2n) is 3.60. The maximum atomic E-state index is 11.3. The van der Waals surface area contributed by atoms with Gasteiger partial charge in [0.25, 0.3) is 0 Å². The molecular weight excluding hydrogens is 220 g/mol. The molecule has 4 heteroatoms. The summed E-state index contributed by atoms with van der Waals surface area (Å²) in [6.07, 6.45) is 3.84. The van der Waals surface area contributed by atoms with E-state index >= 15 is 0 Å². The SMILES string of the molecule is CSCCCC(Nc1ccccc1)C(N)=O. The number of primary amides is 1. The van der Waals surface area contributed by atoms with Crippen LogP contribution in [0.1, 0.15) is 12.8 Å². The van der Waals surface area contributed by atoms with Gasteiger partial charge in [-0.15, -0.1) is 0 Å². The van der Waals surface area contributed by atoms with E-state index < -0.39 is 0 Å². The Hall–Kier alpha value is -1.16. The van der Waals surface area contributed by atoms with Crippen LogP contribution >= 0.6 is 11.8 Å². The molecule has 0 spiro atoms. The van der Waals surface area contributed by atoms with E-state index in [0.29, 0.717) is 0 Å². The Bertz CT molecular complexity index is 316. The fourth-order valence-electron chi connectivity index (χ4n) is 1.45. The zero-order valence-corrected chi connectivity index (χ0v) is 10.3. The van der Waals surface area contributed by atoms with Gasteiger partial charge in [0.15, 0.2) is 0 Å². The summed E-state index contributed by atoms with van der Waals surface area (Å²) in [5.41, 5.74) is 6.30. The number of para-hydroxylation sites is 1. The number of nitrogens with two attached hydrogens (primary N) is 1. The van der Waals surface area contributed by atoms with Crippen molar-refractivity contribution in [1.82, 2.24) is 0 Å². The topological polar surface area (TPSA) is 55.1 Å². The molecule has 1 aromatic rings. The van der Waals surface area contributed by atoms with Crippen LogP contribution < -0.4 is 11.1 Å². The van der Waals surface area contributed by atoms with E-state index in [-0.39, 0.29) is 11.9 Å². The minimum absolute atomic E-state index is 0.269. The average molecular weight is 238 g/mol. The molecule has 0 aliphatic carbocycles. The van der Waals surface area contributed by atoms with E-state index in [0.717, 1.165) is 24.3 Å². The predicted molar refractivity (Wildman–Crippen MR) is 70.7 cm³/mol. The highest BCUT2D eigenvalue weighted by atomic mass is 32.2. The normalized spacial score (nSPS) is 12.1. The van der Waals surface area contributed by atoms with Crippen molar-refractivity contribution < 1.29 is 4.79 Å². The summed E-state index contributed by atoms with van der Waals surface area (Å²) >= 11 is 1.78. The van der Waals surface area contributed by atoms with Gasteiger partial charge in [0.1, 0.15) is 6.04 Å². The van der Waals surface area contributed by atoms with Crippen molar-refractivity contribution in [2.75, 3.05) is 17.3 Å². The first-order chi connectivity index (χ1) is 7.74. The van der Waals surface area contributed by atoms with Gasteiger partial charge in [-0.3, -0.25) is 4.79 Å². The van der Waals surface area contributed by atoms with Crippen molar-refractivity contribution >= 4 is 23.4 Å². The molecule has 0 radical (unpaired) electrons. The second kappa shape index (κ2) is 7.17. The number of hydrogen-bond donors (Lipinski definition) is 2. The Morgan fingerprint density at radius 3 is 2.69 bits per heavy atom. The highest BCUT2D eigenvalue weighted by Gasteiger charge is 2.13. The lowest BCUT2D eigenvalue weighted by Crippen LogP contribution is -2.35. The Labute approximate surface area is 101 Å². The van der Waals surface area contributed by atoms with Gasteiger partial charge in [0.2, 0.25) is 5.91 Å². The fraction of sp³-hybridized carbons (Fsp3) is 0.417. The number of nitrogens with one attached hydrogen (secondary N) is 1. The Kier molecular flexibility index (Phi) is 5.78. The number of carbonyl (C=O) groups excluding carboxylic acids is 1. The van der Waals surface area contributed by atoms with Gasteiger partial charge < -0.3 is 11.1 Å². The first-order valence-electron chi connectivity index (χ1n) is 5.34. The lowest BCUT2D eigenvalue weighted by Gasteiger charge is -2.16. The molecule has 1 rings (SSSR count). The Morgan fingerprint density at radius 2 is 2.12 bits per heavy atom. The quantitative estimate of drug-likeness (QED) is 0.715. The molecule has 16 heavy (non-hydrogen) atoms. The predicted octanol–water partition coefficient (Wildman–Crippen LogP) is 2.10. The minimum Gasteiger partial charge on any atom is -0.374 e. The Balaban J connectivity index is 2.48. The number of benzene rings is 1. The third-order valence-corrected chi connectivity index (χ3v) is 3.00. The van der Waals surface area contributed by atoms with Gasteiger partial charge in [-0.2, -0.15) is 11.8 Å². The zero-order valence-electron chi connectivity index (χ0n) is 9.48. The molecule has 1 aromatic carbocycles. The van der Waals surface area contributed by atoms with Crippen LogP contribution in [0.2, 0.25) is 0 Å². The number of rotatable bonds is 7. The van der Waals surface area contributed by atoms with Crippen LogP contribution in [0, 0.1) is 0 Å². The summed E-state index contributed by atoms with van der Waals surface area (Å²) in [7, 11) is 0. The largest absolute Gasteiger partial charge is 0.374 e. The number of thioether (sulfide) groups is 1. The number of carbonyl (C=O) groups is 1. The molecule has 1 atom stereocenters. The molecule has 0 aromatic heterocycles. The molecule has 0 saturated heterocycles. The van der Waals surface area contributed by atoms with E-state index in [2.05, 4.69) is 11.6 Å². The van der Waals surface area contributed by atoms with Crippen molar-refractivity contribution in [3.8, 4) is 0 Å². The second-order valence-corrected chi connectivity index (χ2v) is 4.59. The van der Waals surface area contributed by atoms with E-state index in [1.54, 1.807) is 11.8 Å².